The van der Waals surface area contributed by atoms with E-state index < -0.39 is 17.7 Å². The Hall–Kier alpha value is -1.00. The second kappa shape index (κ2) is 6.01. The number of likely N-dealkylation sites (tertiary alicyclic amines) is 1. The van der Waals surface area contributed by atoms with E-state index in [-0.39, 0.29) is 11.1 Å². The van der Waals surface area contributed by atoms with E-state index in [1.165, 1.54) is 18.6 Å². The SMILES string of the molecule is OC(c1ccc(F)cc1F)C1(N2CCCCC2)CCCC1. The fraction of sp³-hybridized carbons (Fsp3) is 0.647. The van der Waals surface area contributed by atoms with Crippen LogP contribution in [0.25, 0.3) is 0 Å². The maximum atomic E-state index is 14.1. The number of benzene rings is 1. The van der Waals surface area contributed by atoms with Crippen LogP contribution in [-0.4, -0.2) is 28.6 Å². The predicted octanol–water partition coefficient (Wildman–Crippen LogP) is 3.80. The first-order valence-electron chi connectivity index (χ1n) is 8.01. The number of piperidine rings is 1. The molecule has 0 radical (unpaired) electrons. The Morgan fingerprint density at radius 3 is 2.29 bits per heavy atom. The van der Waals surface area contributed by atoms with Crippen LogP contribution in [0.4, 0.5) is 8.78 Å². The predicted molar refractivity (Wildman–Crippen MR) is 77.9 cm³/mol. The van der Waals surface area contributed by atoms with Crippen LogP contribution in [0, 0.1) is 11.6 Å². The van der Waals surface area contributed by atoms with E-state index in [0.717, 1.165) is 57.7 Å². The van der Waals surface area contributed by atoms with Gasteiger partial charge in [-0.1, -0.05) is 25.3 Å². The molecule has 0 spiro atoms. The molecule has 116 valence electrons. The normalized spacial score (nSPS) is 24.1. The standard InChI is InChI=1S/C17H23F2NO/c18-13-6-7-14(15(19)12-13)16(21)17(8-2-3-9-17)20-10-4-1-5-11-20/h6-7,12,16,21H,1-5,8-11H2. The summed E-state index contributed by atoms with van der Waals surface area (Å²) in [4.78, 5) is 2.36. The van der Waals surface area contributed by atoms with Crippen molar-refractivity contribution in [3.8, 4) is 0 Å². The average Bonchev–Trinajstić information content (AvgIpc) is 2.98. The first-order valence-corrected chi connectivity index (χ1v) is 8.01. The molecule has 1 saturated carbocycles. The molecule has 0 bridgehead atoms. The first kappa shape index (κ1) is 14.9. The molecular formula is C17H23F2NO. The molecule has 1 aliphatic carbocycles. The van der Waals surface area contributed by atoms with Gasteiger partial charge in [0.1, 0.15) is 17.7 Å². The van der Waals surface area contributed by atoms with Crippen LogP contribution in [0.1, 0.15) is 56.6 Å². The second-order valence-electron chi connectivity index (χ2n) is 6.43. The van der Waals surface area contributed by atoms with Crippen molar-refractivity contribution in [2.75, 3.05) is 13.1 Å². The topological polar surface area (TPSA) is 23.5 Å². The molecule has 1 aliphatic heterocycles. The lowest BCUT2D eigenvalue weighted by Gasteiger charge is -2.46. The van der Waals surface area contributed by atoms with Gasteiger partial charge in [0.05, 0.1) is 5.54 Å². The number of halogens is 2. The van der Waals surface area contributed by atoms with Gasteiger partial charge in [0.2, 0.25) is 0 Å². The summed E-state index contributed by atoms with van der Waals surface area (Å²) >= 11 is 0. The summed E-state index contributed by atoms with van der Waals surface area (Å²) in [7, 11) is 0. The molecule has 4 heteroatoms. The summed E-state index contributed by atoms with van der Waals surface area (Å²) in [5, 5.41) is 10.9. The number of aliphatic hydroxyl groups is 1. The minimum absolute atomic E-state index is 0.240. The third-order valence-electron chi connectivity index (χ3n) is 5.22. The van der Waals surface area contributed by atoms with Crippen molar-refractivity contribution in [3.05, 3.63) is 35.4 Å². The zero-order chi connectivity index (χ0) is 14.9. The van der Waals surface area contributed by atoms with Gasteiger partial charge in [0.15, 0.2) is 0 Å². The first-order chi connectivity index (χ1) is 10.1. The van der Waals surface area contributed by atoms with Crippen molar-refractivity contribution < 1.29 is 13.9 Å². The van der Waals surface area contributed by atoms with Gasteiger partial charge < -0.3 is 5.11 Å². The van der Waals surface area contributed by atoms with Gasteiger partial charge in [-0.3, -0.25) is 4.90 Å². The Bertz CT molecular complexity index is 494. The lowest BCUT2D eigenvalue weighted by Crippen LogP contribution is -2.53. The van der Waals surface area contributed by atoms with E-state index in [9.17, 15) is 13.9 Å². The summed E-state index contributed by atoms with van der Waals surface area (Å²) in [5.74, 6) is -1.23. The summed E-state index contributed by atoms with van der Waals surface area (Å²) < 4.78 is 27.2. The molecule has 3 rings (SSSR count). The fourth-order valence-corrected chi connectivity index (χ4v) is 4.10. The molecule has 1 atom stereocenters. The number of aliphatic hydroxyl groups excluding tert-OH is 1. The quantitative estimate of drug-likeness (QED) is 0.917. The van der Waals surface area contributed by atoms with Crippen LogP contribution in [0.5, 0.6) is 0 Å². The average molecular weight is 295 g/mol. The summed E-state index contributed by atoms with van der Waals surface area (Å²) in [6, 6.07) is 3.51. The number of hydrogen-bond acceptors (Lipinski definition) is 2. The smallest absolute Gasteiger partial charge is 0.131 e. The van der Waals surface area contributed by atoms with Crippen LogP contribution in [0.2, 0.25) is 0 Å². The van der Waals surface area contributed by atoms with Gasteiger partial charge in [-0.15, -0.1) is 0 Å². The minimum atomic E-state index is -0.876. The molecule has 1 aromatic rings. The number of hydrogen-bond donors (Lipinski definition) is 1. The summed E-state index contributed by atoms with van der Waals surface area (Å²) in [6.07, 6.45) is 6.55. The van der Waals surface area contributed by atoms with Gasteiger partial charge in [-0.2, -0.15) is 0 Å². The minimum Gasteiger partial charge on any atom is -0.386 e. The number of rotatable bonds is 3. The van der Waals surface area contributed by atoms with Crippen molar-refractivity contribution in [1.29, 1.82) is 0 Å². The molecule has 2 nitrogen and oxygen atoms in total. The lowest BCUT2D eigenvalue weighted by atomic mass is 9.82. The zero-order valence-corrected chi connectivity index (χ0v) is 12.3. The van der Waals surface area contributed by atoms with Crippen molar-refractivity contribution in [3.63, 3.8) is 0 Å². The fourth-order valence-electron chi connectivity index (χ4n) is 4.10. The molecule has 1 saturated heterocycles. The number of nitrogens with zero attached hydrogens (tertiary/aromatic N) is 1. The van der Waals surface area contributed by atoms with Crippen LogP contribution >= 0.6 is 0 Å². The van der Waals surface area contributed by atoms with E-state index in [2.05, 4.69) is 4.90 Å². The largest absolute Gasteiger partial charge is 0.386 e. The highest BCUT2D eigenvalue weighted by Crippen LogP contribution is 2.46. The van der Waals surface area contributed by atoms with E-state index in [1.807, 2.05) is 0 Å². The molecule has 1 N–H and O–H groups in total. The summed E-state index contributed by atoms with van der Waals surface area (Å²) in [6.45, 7) is 1.94. The van der Waals surface area contributed by atoms with E-state index in [0.29, 0.717) is 0 Å². The molecule has 1 heterocycles. The van der Waals surface area contributed by atoms with Crippen LogP contribution in [0.3, 0.4) is 0 Å². The lowest BCUT2D eigenvalue weighted by molar-refractivity contribution is -0.0420. The Morgan fingerprint density at radius 1 is 1.00 bits per heavy atom. The van der Waals surface area contributed by atoms with Gasteiger partial charge in [0.25, 0.3) is 0 Å². The molecular weight excluding hydrogens is 272 g/mol. The molecule has 21 heavy (non-hydrogen) atoms. The third-order valence-corrected chi connectivity index (χ3v) is 5.22. The highest BCUT2D eigenvalue weighted by atomic mass is 19.1. The zero-order valence-electron chi connectivity index (χ0n) is 12.3. The summed E-state index contributed by atoms with van der Waals surface area (Å²) in [5.41, 5.74) is -0.122. The molecule has 2 fully saturated rings. The molecule has 0 amide bonds. The van der Waals surface area contributed by atoms with Gasteiger partial charge in [-0.05, 0) is 44.8 Å². The Labute approximate surface area is 124 Å². The Morgan fingerprint density at radius 2 is 1.67 bits per heavy atom. The second-order valence-corrected chi connectivity index (χ2v) is 6.43. The van der Waals surface area contributed by atoms with Gasteiger partial charge >= 0.3 is 0 Å². The van der Waals surface area contributed by atoms with Crippen molar-refractivity contribution in [2.45, 2.75) is 56.6 Å². The van der Waals surface area contributed by atoms with E-state index in [4.69, 9.17) is 0 Å². The van der Waals surface area contributed by atoms with Crippen molar-refractivity contribution >= 4 is 0 Å². The highest BCUT2D eigenvalue weighted by molar-refractivity contribution is 5.25. The van der Waals surface area contributed by atoms with Crippen LogP contribution in [-0.2, 0) is 0 Å². The van der Waals surface area contributed by atoms with Crippen molar-refractivity contribution in [2.24, 2.45) is 0 Å². The van der Waals surface area contributed by atoms with E-state index >= 15 is 0 Å². The monoisotopic (exact) mass is 295 g/mol. The van der Waals surface area contributed by atoms with Crippen LogP contribution in [0.15, 0.2) is 18.2 Å². The molecule has 1 aromatic carbocycles. The molecule has 0 aromatic heterocycles. The Balaban J connectivity index is 1.92. The maximum Gasteiger partial charge on any atom is 0.131 e. The third kappa shape index (κ3) is 2.71. The van der Waals surface area contributed by atoms with Gasteiger partial charge in [0, 0.05) is 11.6 Å². The molecule has 1 unspecified atom stereocenters. The maximum absolute atomic E-state index is 14.1. The van der Waals surface area contributed by atoms with E-state index in [1.54, 1.807) is 0 Å². The Kier molecular flexibility index (Phi) is 4.27. The molecule has 2 aliphatic rings. The van der Waals surface area contributed by atoms with Gasteiger partial charge in [-0.25, -0.2) is 8.78 Å². The highest BCUT2D eigenvalue weighted by Gasteiger charge is 2.46. The van der Waals surface area contributed by atoms with Crippen molar-refractivity contribution in [1.82, 2.24) is 4.90 Å². The van der Waals surface area contributed by atoms with Crippen LogP contribution < -0.4 is 0 Å².